The second-order valence-corrected chi connectivity index (χ2v) is 6.71. The third kappa shape index (κ3) is 8.11. The average molecular weight is 333 g/mol. The SMILES string of the molecule is O=S(=O)(Cl)CCCCOc1ccc(OC(F)(F)F)cc1. The van der Waals surface area contributed by atoms with Crippen LogP contribution in [-0.2, 0) is 9.05 Å². The van der Waals surface area contributed by atoms with Crippen molar-refractivity contribution in [2.75, 3.05) is 12.4 Å². The highest BCUT2D eigenvalue weighted by molar-refractivity contribution is 8.13. The third-order valence-corrected chi connectivity index (χ3v) is 3.35. The molecule has 0 unspecified atom stereocenters. The van der Waals surface area contributed by atoms with Crippen LogP contribution in [0, 0.1) is 0 Å². The monoisotopic (exact) mass is 332 g/mol. The molecule has 0 saturated carbocycles. The van der Waals surface area contributed by atoms with Gasteiger partial charge in [-0.1, -0.05) is 0 Å². The molecule has 0 aliphatic heterocycles. The maximum atomic E-state index is 11.9. The van der Waals surface area contributed by atoms with E-state index >= 15 is 0 Å². The van der Waals surface area contributed by atoms with E-state index in [2.05, 4.69) is 4.74 Å². The molecule has 0 atom stereocenters. The van der Waals surface area contributed by atoms with Gasteiger partial charge in [-0.2, -0.15) is 0 Å². The van der Waals surface area contributed by atoms with Crippen LogP contribution in [0.4, 0.5) is 13.2 Å². The zero-order valence-corrected chi connectivity index (χ0v) is 11.8. The Hall–Kier alpha value is -1.15. The van der Waals surface area contributed by atoms with Crippen molar-refractivity contribution in [3.8, 4) is 11.5 Å². The Labute approximate surface area is 118 Å². The highest BCUT2D eigenvalue weighted by atomic mass is 35.7. The summed E-state index contributed by atoms with van der Waals surface area (Å²) >= 11 is 0. The van der Waals surface area contributed by atoms with Gasteiger partial charge < -0.3 is 9.47 Å². The molecule has 0 saturated heterocycles. The molecular formula is C11H12ClF3O4S. The Balaban J connectivity index is 2.32. The first-order chi connectivity index (χ1) is 9.16. The van der Waals surface area contributed by atoms with E-state index in [1.165, 1.54) is 12.1 Å². The molecule has 0 spiro atoms. The van der Waals surface area contributed by atoms with Gasteiger partial charge in [0.2, 0.25) is 9.05 Å². The summed E-state index contributed by atoms with van der Waals surface area (Å²) in [7, 11) is 1.53. The Morgan fingerprint density at radius 2 is 1.60 bits per heavy atom. The molecule has 0 aromatic heterocycles. The van der Waals surface area contributed by atoms with Crippen molar-refractivity contribution >= 4 is 19.7 Å². The zero-order valence-electron chi connectivity index (χ0n) is 10.2. The maximum absolute atomic E-state index is 11.9. The van der Waals surface area contributed by atoms with Gasteiger partial charge in [0.05, 0.1) is 12.4 Å². The van der Waals surface area contributed by atoms with Crippen molar-refractivity contribution in [2.45, 2.75) is 19.2 Å². The van der Waals surface area contributed by atoms with Crippen LogP contribution in [0.3, 0.4) is 0 Å². The Bertz CT molecular complexity index is 513. The molecular weight excluding hydrogens is 321 g/mol. The molecule has 0 radical (unpaired) electrons. The predicted molar refractivity (Wildman–Crippen MR) is 67.5 cm³/mol. The van der Waals surface area contributed by atoms with E-state index in [1.807, 2.05) is 0 Å². The molecule has 0 aliphatic rings. The first-order valence-corrected chi connectivity index (χ1v) is 8.04. The number of alkyl halides is 3. The smallest absolute Gasteiger partial charge is 0.494 e. The summed E-state index contributed by atoms with van der Waals surface area (Å²) in [6.45, 7) is 0.242. The summed E-state index contributed by atoms with van der Waals surface area (Å²) in [5.74, 6) is -0.109. The van der Waals surface area contributed by atoms with Gasteiger partial charge in [0, 0.05) is 10.7 Å². The van der Waals surface area contributed by atoms with Crippen molar-refractivity contribution in [1.29, 1.82) is 0 Å². The van der Waals surface area contributed by atoms with Gasteiger partial charge in [0.1, 0.15) is 11.5 Å². The van der Waals surface area contributed by atoms with Gasteiger partial charge in [0.25, 0.3) is 0 Å². The largest absolute Gasteiger partial charge is 0.573 e. The molecule has 0 fully saturated rings. The molecule has 1 rings (SSSR count). The van der Waals surface area contributed by atoms with Gasteiger partial charge in [-0.05, 0) is 37.1 Å². The van der Waals surface area contributed by atoms with Crippen LogP contribution in [0.2, 0.25) is 0 Å². The van der Waals surface area contributed by atoms with E-state index in [9.17, 15) is 21.6 Å². The van der Waals surface area contributed by atoms with Crippen LogP contribution in [0.5, 0.6) is 11.5 Å². The lowest BCUT2D eigenvalue weighted by Crippen LogP contribution is -2.16. The van der Waals surface area contributed by atoms with Gasteiger partial charge in [-0.15, -0.1) is 13.2 Å². The zero-order chi connectivity index (χ0) is 15.2. The average Bonchev–Trinajstić information content (AvgIpc) is 2.27. The van der Waals surface area contributed by atoms with Crippen molar-refractivity contribution in [1.82, 2.24) is 0 Å². The number of hydrogen-bond acceptors (Lipinski definition) is 4. The Morgan fingerprint density at radius 1 is 1.05 bits per heavy atom. The van der Waals surface area contributed by atoms with Crippen LogP contribution in [0.1, 0.15) is 12.8 Å². The van der Waals surface area contributed by atoms with Crippen LogP contribution in [0.25, 0.3) is 0 Å². The van der Waals surface area contributed by atoms with Crippen LogP contribution in [-0.4, -0.2) is 27.1 Å². The highest BCUT2D eigenvalue weighted by Crippen LogP contribution is 2.24. The van der Waals surface area contributed by atoms with E-state index in [1.54, 1.807) is 0 Å². The highest BCUT2D eigenvalue weighted by Gasteiger charge is 2.30. The maximum Gasteiger partial charge on any atom is 0.573 e. The molecule has 1 aromatic carbocycles. The summed E-state index contributed by atoms with van der Waals surface area (Å²) in [6, 6.07) is 4.93. The number of unbranched alkanes of at least 4 members (excludes halogenated alkanes) is 1. The quantitative estimate of drug-likeness (QED) is 0.568. The fourth-order valence-corrected chi connectivity index (χ4v) is 2.18. The molecule has 114 valence electrons. The fourth-order valence-electron chi connectivity index (χ4n) is 1.30. The number of ether oxygens (including phenoxy) is 2. The first-order valence-electron chi connectivity index (χ1n) is 5.57. The van der Waals surface area contributed by atoms with E-state index in [0.717, 1.165) is 12.1 Å². The van der Waals surface area contributed by atoms with E-state index in [-0.39, 0.29) is 18.1 Å². The Morgan fingerprint density at radius 3 is 2.10 bits per heavy atom. The minimum Gasteiger partial charge on any atom is -0.494 e. The first kappa shape index (κ1) is 16.9. The predicted octanol–water partition coefficient (Wildman–Crippen LogP) is 3.31. The van der Waals surface area contributed by atoms with E-state index in [0.29, 0.717) is 18.6 Å². The van der Waals surface area contributed by atoms with Gasteiger partial charge in [-0.3, -0.25) is 0 Å². The van der Waals surface area contributed by atoms with Crippen LogP contribution >= 0.6 is 10.7 Å². The number of halogens is 4. The molecule has 0 amide bonds. The van der Waals surface area contributed by atoms with Gasteiger partial charge in [-0.25, -0.2) is 8.42 Å². The minimum atomic E-state index is -4.73. The summed E-state index contributed by atoms with van der Waals surface area (Å²) in [6.07, 6.45) is -3.91. The summed E-state index contributed by atoms with van der Waals surface area (Å²) < 4.78 is 65.9. The van der Waals surface area contributed by atoms with Crippen molar-refractivity contribution in [3.05, 3.63) is 24.3 Å². The lowest BCUT2D eigenvalue weighted by molar-refractivity contribution is -0.274. The molecule has 0 heterocycles. The van der Waals surface area contributed by atoms with Crippen molar-refractivity contribution < 1.29 is 31.1 Å². The van der Waals surface area contributed by atoms with Crippen molar-refractivity contribution in [2.24, 2.45) is 0 Å². The van der Waals surface area contributed by atoms with Crippen LogP contribution < -0.4 is 9.47 Å². The summed E-state index contributed by atoms with van der Waals surface area (Å²) in [4.78, 5) is 0. The normalized spacial score (nSPS) is 12.2. The molecule has 9 heteroatoms. The van der Waals surface area contributed by atoms with Crippen molar-refractivity contribution in [3.63, 3.8) is 0 Å². The number of hydrogen-bond donors (Lipinski definition) is 0. The van der Waals surface area contributed by atoms with Gasteiger partial charge in [0.15, 0.2) is 0 Å². The minimum absolute atomic E-state index is 0.143. The summed E-state index contributed by atoms with van der Waals surface area (Å²) in [5, 5.41) is 0. The molecule has 1 aromatic rings. The van der Waals surface area contributed by atoms with Gasteiger partial charge >= 0.3 is 6.36 Å². The fraction of sp³-hybridized carbons (Fsp3) is 0.455. The number of benzene rings is 1. The Kier molecular flexibility index (Phi) is 5.94. The molecule has 20 heavy (non-hydrogen) atoms. The molecule has 0 N–H and O–H groups in total. The third-order valence-electron chi connectivity index (χ3n) is 2.11. The standard InChI is InChI=1S/C11H12ClF3O4S/c12-20(16,17)8-2-1-7-18-9-3-5-10(6-4-9)19-11(13,14)15/h3-6H,1-2,7-8H2. The summed E-state index contributed by atoms with van der Waals surface area (Å²) in [5.41, 5.74) is 0. The molecule has 4 nitrogen and oxygen atoms in total. The number of rotatable bonds is 7. The van der Waals surface area contributed by atoms with E-state index in [4.69, 9.17) is 15.4 Å². The van der Waals surface area contributed by atoms with E-state index < -0.39 is 15.4 Å². The lowest BCUT2D eigenvalue weighted by atomic mass is 10.3. The second kappa shape index (κ2) is 7.03. The molecule has 0 aliphatic carbocycles. The molecule has 0 bridgehead atoms. The lowest BCUT2D eigenvalue weighted by Gasteiger charge is -2.10. The van der Waals surface area contributed by atoms with Crippen LogP contribution in [0.15, 0.2) is 24.3 Å². The second-order valence-electron chi connectivity index (χ2n) is 3.82. The topological polar surface area (TPSA) is 52.6 Å².